The van der Waals surface area contributed by atoms with E-state index in [1.807, 2.05) is 23.5 Å². The van der Waals surface area contributed by atoms with Crippen LogP contribution in [0.15, 0.2) is 30.3 Å². The molecule has 1 aliphatic heterocycles. The topological polar surface area (TPSA) is 26.0 Å². The fourth-order valence-electron chi connectivity index (χ4n) is 1.74. The molecule has 1 heterocycles. The van der Waals surface area contributed by atoms with E-state index in [9.17, 15) is 0 Å². The van der Waals surface area contributed by atoms with Gasteiger partial charge in [0, 0.05) is 6.04 Å². The zero-order valence-electron chi connectivity index (χ0n) is 8.76. The minimum absolute atomic E-state index is 0.294. The molecule has 1 aromatic rings. The van der Waals surface area contributed by atoms with Crippen LogP contribution in [0.3, 0.4) is 0 Å². The lowest BCUT2D eigenvalue weighted by molar-refractivity contribution is 0.722. The van der Waals surface area contributed by atoms with E-state index < -0.39 is 0 Å². The Kier molecular flexibility index (Phi) is 4.42. The predicted molar refractivity (Wildman–Crippen MR) is 71.4 cm³/mol. The van der Waals surface area contributed by atoms with E-state index in [4.69, 9.17) is 5.73 Å². The van der Waals surface area contributed by atoms with Gasteiger partial charge in [0.2, 0.25) is 0 Å². The fourth-order valence-corrected chi connectivity index (χ4v) is 4.65. The highest BCUT2D eigenvalue weighted by atomic mass is 32.2. The molecule has 0 radical (unpaired) electrons. The first-order valence-electron chi connectivity index (χ1n) is 5.39. The second-order valence-electron chi connectivity index (χ2n) is 3.82. The molecule has 3 heteroatoms. The Bertz CT molecular complexity index is 283. The standard InChI is InChI=1S/C12H17NS2/c13-11(12-14-7-4-8-15-12)9-10-5-2-1-3-6-10/h1-3,5-6,11-12H,4,7-9,13H2. The molecule has 1 fully saturated rings. The summed E-state index contributed by atoms with van der Waals surface area (Å²) in [6, 6.07) is 10.9. The molecule has 1 saturated heterocycles. The molecule has 1 aromatic carbocycles. The number of rotatable bonds is 3. The molecule has 82 valence electrons. The van der Waals surface area contributed by atoms with Crippen molar-refractivity contribution in [2.45, 2.75) is 23.5 Å². The van der Waals surface area contributed by atoms with Crippen molar-refractivity contribution >= 4 is 23.5 Å². The highest BCUT2D eigenvalue weighted by Gasteiger charge is 2.21. The monoisotopic (exact) mass is 239 g/mol. The van der Waals surface area contributed by atoms with Gasteiger partial charge in [-0.2, -0.15) is 0 Å². The van der Waals surface area contributed by atoms with Crippen LogP contribution in [0.25, 0.3) is 0 Å². The first kappa shape index (κ1) is 11.4. The minimum Gasteiger partial charge on any atom is -0.326 e. The van der Waals surface area contributed by atoms with E-state index in [0.717, 1.165) is 6.42 Å². The zero-order chi connectivity index (χ0) is 10.5. The molecule has 0 aromatic heterocycles. The van der Waals surface area contributed by atoms with Gasteiger partial charge in [-0.1, -0.05) is 30.3 Å². The summed E-state index contributed by atoms with van der Waals surface area (Å²) in [4.78, 5) is 0. The summed E-state index contributed by atoms with van der Waals surface area (Å²) in [7, 11) is 0. The van der Waals surface area contributed by atoms with Crippen LogP contribution in [0, 0.1) is 0 Å². The number of nitrogens with two attached hydrogens (primary N) is 1. The SMILES string of the molecule is NC(Cc1ccccc1)C1SCCCS1. The van der Waals surface area contributed by atoms with E-state index in [0.29, 0.717) is 10.6 Å². The molecule has 1 nitrogen and oxygen atoms in total. The first-order chi connectivity index (χ1) is 7.36. The summed E-state index contributed by atoms with van der Waals surface area (Å²) in [5.41, 5.74) is 7.60. The highest BCUT2D eigenvalue weighted by molar-refractivity contribution is 8.17. The molecular weight excluding hydrogens is 222 g/mol. The maximum absolute atomic E-state index is 6.24. The van der Waals surface area contributed by atoms with Crippen LogP contribution in [0.4, 0.5) is 0 Å². The van der Waals surface area contributed by atoms with Crippen LogP contribution in [-0.4, -0.2) is 22.1 Å². The van der Waals surface area contributed by atoms with E-state index in [1.165, 1.54) is 23.5 Å². The molecule has 2 rings (SSSR count). The van der Waals surface area contributed by atoms with Gasteiger partial charge in [0.1, 0.15) is 0 Å². The van der Waals surface area contributed by atoms with Crippen molar-refractivity contribution in [3.8, 4) is 0 Å². The Morgan fingerprint density at radius 1 is 1.20 bits per heavy atom. The summed E-state index contributed by atoms with van der Waals surface area (Å²) in [5.74, 6) is 2.56. The van der Waals surface area contributed by atoms with Gasteiger partial charge in [0.15, 0.2) is 0 Å². The summed E-state index contributed by atoms with van der Waals surface area (Å²) < 4.78 is 0.596. The lowest BCUT2D eigenvalue weighted by Crippen LogP contribution is -2.34. The molecule has 0 amide bonds. The van der Waals surface area contributed by atoms with Gasteiger partial charge >= 0.3 is 0 Å². The van der Waals surface area contributed by atoms with Crippen LogP contribution in [0.2, 0.25) is 0 Å². The Labute approximate surface area is 100 Å². The maximum Gasteiger partial charge on any atom is 0.0656 e. The smallest absolute Gasteiger partial charge is 0.0656 e. The van der Waals surface area contributed by atoms with Crippen LogP contribution in [0.5, 0.6) is 0 Å². The maximum atomic E-state index is 6.24. The minimum atomic E-state index is 0.294. The molecule has 0 bridgehead atoms. The summed E-state index contributed by atoms with van der Waals surface area (Å²) in [5, 5.41) is 0. The number of benzene rings is 1. The third-order valence-electron chi connectivity index (χ3n) is 2.52. The molecule has 0 spiro atoms. The highest BCUT2D eigenvalue weighted by Crippen LogP contribution is 2.33. The lowest BCUT2D eigenvalue weighted by Gasteiger charge is -2.26. The van der Waals surface area contributed by atoms with E-state index in [1.54, 1.807) is 0 Å². The number of hydrogen-bond donors (Lipinski definition) is 1. The lowest BCUT2D eigenvalue weighted by atomic mass is 10.1. The predicted octanol–water partition coefficient (Wildman–Crippen LogP) is 2.75. The van der Waals surface area contributed by atoms with E-state index in [-0.39, 0.29) is 0 Å². The first-order valence-corrected chi connectivity index (χ1v) is 7.49. The quantitative estimate of drug-likeness (QED) is 0.878. The summed E-state index contributed by atoms with van der Waals surface area (Å²) in [6.45, 7) is 0. The normalized spacial score (nSPS) is 20.1. The van der Waals surface area contributed by atoms with Crippen molar-refractivity contribution in [1.29, 1.82) is 0 Å². The molecule has 0 saturated carbocycles. The molecule has 2 N–H and O–H groups in total. The van der Waals surface area contributed by atoms with Crippen molar-refractivity contribution in [3.63, 3.8) is 0 Å². The van der Waals surface area contributed by atoms with Gasteiger partial charge in [0.25, 0.3) is 0 Å². The number of hydrogen-bond acceptors (Lipinski definition) is 3. The van der Waals surface area contributed by atoms with E-state index >= 15 is 0 Å². The fraction of sp³-hybridized carbons (Fsp3) is 0.500. The molecular formula is C12H17NS2. The average Bonchev–Trinajstić information content (AvgIpc) is 2.31. The Morgan fingerprint density at radius 3 is 2.53 bits per heavy atom. The Hall–Kier alpha value is -0.120. The van der Waals surface area contributed by atoms with Gasteiger partial charge in [0.05, 0.1) is 4.58 Å². The van der Waals surface area contributed by atoms with Crippen molar-refractivity contribution < 1.29 is 0 Å². The summed E-state index contributed by atoms with van der Waals surface area (Å²) in [6.07, 6.45) is 2.34. The van der Waals surface area contributed by atoms with Gasteiger partial charge in [-0.15, -0.1) is 23.5 Å². The molecule has 0 aliphatic carbocycles. The van der Waals surface area contributed by atoms with Gasteiger partial charge in [-0.3, -0.25) is 0 Å². The van der Waals surface area contributed by atoms with Gasteiger partial charge in [-0.25, -0.2) is 0 Å². The third-order valence-corrected chi connectivity index (χ3v) is 5.74. The number of thioether (sulfide) groups is 2. The third kappa shape index (κ3) is 3.44. The second kappa shape index (κ2) is 5.83. The van der Waals surface area contributed by atoms with Crippen LogP contribution < -0.4 is 5.73 Å². The van der Waals surface area contributed by atoms with Crippen LogP contribution in [-0.2, 0) is 6.42 Å². The molecule has 1 aliphatic rings. The van der Waals surface area contributed by atoms with E-state index in [2.05, 4.69) is 30.3 Å². The molecule has 1 atom stereocenters. The van der Waals surface area contributed by atoms with Crippen molar-refractivity contribution in [2.75, 3.05) is 11.5 Å². The second-order valence-corrected chi connectivity index (χ2v) is 6.61. The molecule has 15 heavy (non-hydrogen) atoms. The summed E-state index contributed by atoms with van der Waals surface area (Å²) >= 11 is 4.06. The average molecular weight is 239 g/mol. The van der Waals surface area contributed by atoms with Crippen molar-refractivity contribution in [1.82, 2.24) is 0 Å². The van der Waals surface area contributed by atoms with Crippen molar-refractivity contribution in [3.05, 3.63) is 35.9 Å². The van der Waals surface area contributed by atoms with Gasteiger partial charge in [-0.05, 0) is 29.9 Å². The largest absolute Gasteiger partial charge is 0.326 e. The Balaban J connectivity index is 1.88. The van der Waals surface area contributed by atoms with Crippen LogP contribution >= 0.6 is 23.5 Å². The van der Waals surface area contributed by atoms with Crippen LogP contribution in [0.1, 0.15) is 12.0 Å². The zero-order valence-corrected chi connectivity index (χ0v) is 10.4. The van der Waals surface area contributed by atoms with Crippen molar-refractivity contribution in [2.24, 2.45) is 5.73 Å². The Morgan fingerprint density at radius 2 is 1.87 bits per heavy atom. The molecule has 1 unspecified atom stereocenters. The van der Waals surface area contributed by atoms with Gasteiger partial charge < -0.3 is 5.73 Å².